The second-order valence-electron chi connectivity index (χ2n) is 7.18. The molecular weight excluding hydrogens is 423 g/mol. The van der Waals surface area contributed by atoms with Gasteiger partial charge in [0, 0.05) is 41.1 Å². The van der Waals surface area contributed by atoms with E-state index in [2.05, 4.69) is 15.6 Å². The Hall–Kier alpha value is -3.52. The van der Waals surface area contributed by atoms with Gasteiger partial charge in [0.05, 0.1) is 24.3 Å². The minimum Gasteiger partial charge on any atom is -0.358 e. The Balaban J connectivity index is 1.70. The molecule has 158 valence electrons. The number of benzene rings is 2. The molecule has 0 radical (unpaired) electrons. The van der Waals surface area contributed by atoms with E-state index in [0.29, 0.717) is 32.6 Å². The van der Waals surface area contributed by atoms with Crippen molar-refractivity contribution >= 4 is 45.8 Å². The molecule has 3 amide bonds. The van der Waals surface area contributed by atoms with Gasteiger partial charge >= 0.3 is 0 Å². The number of halogens is 2. The highest BCUT2D eigenvalue weighted by Gasteiger charge is 2.36. The SMILES string of the molecule is CNC(=O)CN1C[C@H](C(=O)Nc2cncc3ccc(F)cc23)c2cc(Cl)ccc2C1=O. The molecule has 0 saturated heterocycles. The van der Waals surface area contributed by atoms with Crippen LogP contribution in [0.25, 0.3) is 10.8 Å². The minimum atomic E-state index is -0.778. The van der Waals surface area contributed by atoms with Gasteiger partial charge in [-0.2, -0.15) is 0 Å². The molecule has 1 aliphatic rings. The first-order valence-corrected chi connectivity index (χ1v) is 9.88. The second-order valence-corrected chi connectivity index (χ2v) is 7.62. The molecule has 0 saturated carbocycles. The first-order valence-electron chi connectivity index (χ1n) is 9.51. The lowest BCUT2D eigenvalue weighted by Gasteiger charge is -2.33. The summed E-state index contributed by atoms with van der Waals surface area (Å²) in [5.74, 6) is -2.34. The average molecular weight is 441 g/mol. The zero-order chi connectivity index (χ0) is 22.1. The van der Waals surface area contributed by atoms with E-state index in [4.69, 9.17) is 11.6 Å². The van der Waals surface area contributed by atoms with Crippen molar-refractivity contribution in [2.24, 2.45) is 0 Å². The summed E-state index contributed by atoms with van der Waals surface area (Å²) in [6.07, 6.45) is 3.01. The second kappa shape index (κ2) is 8.31. The fourth-order valence-electron chi connectivity index (χ4n) is 3.66. The zero-order valence-corrected chi connectivity index (χ0v) is 17.2. The lowest BCUT2D eigenvalue weighted by molar-refractivity contribution is -0.122. The van der Waals surface area contributed by atoms with Crippen molar-refractivity contribution < 1.29 is 18.8 Å². The van der Waals surface area contributed by atoms with Crippen molar-refractivity contribution in [1.29, 1.82) is 0 Å². The number of amides is 3. The van der Waals surface area contributed by atoms with Gasteiger partial charge < -0.3 is 15.5 Å². The first-order chi connectivity index (χ1) is 14.9. The van der Waals surface area contributed by atoms with Crippen molar-refractivity contribution in [3.63, 3.8) is 0 Å². The van der Waals surface area contributed by atoms with E-state index >= 15 is 0 Å². The van der Waals surface area contributed by atoms with E-state index < -0.39 is 17.6 Å². The summed E-state index contributed by atoms with van der Waals surface area (Å²) in [4.78, 5) is 43.4. The molecule has 0 bridgehead atoms. The van der Waals surface area contributed by atoms with Crippen molar-refractivity contribution in [2.75, 3.05) is 25.5 Å². The van der Waals surface area contributed by atoms with Crippen LogP contribution in [0, 0.1) is 5.82 Å². The molecule has 0 unspecified atom stereocenters. The van der Waals surface area contributed by atoms with Crippen LogP contribution in [0.5, 0.6) is 0 Å². The number of fused-ring (bicyclic) bond motifs is 2. The van der Waals surface area contributed by atoms with Crippen LogP contribution in [0.3, 0.4) is 0 Å². The maximum Gasteiger partial charge on any atom is 0.254 e. The summed E-state index contributed by atoms with van der Waals surface area (Å²) in [6.45, 7) is -0.180. The van der Waals surface area contributed by atoms with Crippen molar-refractivity contribution in [3.8, 4) is 0 Å². The Morgan fingerprint density at radius 3 is 2.81 bits per heavy atom. The molecule has 1 aromatic heterocycles. The predicted molar refractivity (Wildman–Crippen MR) is 114 cm³/mol. The molecule has 31 heavy (non-hydrogen) atoms. The van der Waals surface area contributed by atoms with Crippen LogP contribution >= 0.6 is 11.6 Å². The maximum atomic E-state index is 13.8. The minimum absolute atomic E-state index is 0.00200. The standard InChI is InChI=1S/C22H18ClFN4O3/c1-25-20(29)11-28-10-18(17-6-13(23)3-5-15(17)22(28)31)21(30)27-19-9-26-8-12-2-4-14(24)7-16(12)19/h2-9,18H,10-11H2,1H3,(H,25,29)(H,27,30)/t18-/m0/s1. The molecule has 7 nitrogen and oxygen atoms in total. The van der Waals surface area contributed by atoms with E-state index in [1.807, 2.05) is 0 Å². The van der Waals surface area contributed by atoms with Crippen LogP contribution in [0.15, 0.2) is 48.8 Å². The van der Waals surface area contributed by atoms with Crippen LogP contribution in [0.4, 0.5) is 10.1 Å². The number of rotatable bonds is 4. The molecule has 2 N–H and O–H groups in total. The number of anilines is 1. The third kappa shape index (κ3) is 4.06. The summed E-state index contributed by atoms with van der Waals surface area (Å²) in [7, 11) is 1.47. The Morgan fingerprint density at radius 1 is 1.23 bits per heavy atom. The molecule has 9 heteroatoms. The molecule has 1 aliphatic heterocycles. The van der Waals surface area contributed by atoms with Gasteiger partial charge in [-0.15, -0.1) is 0 Å². The largest absolute Gasteiger partial charge is 0.358 e. The average Bonchev–Trinajstić information content (AvgIpc) is 2.75. The molecule has 0 spiro atoms. The summed E-state index contributed by atoms with van der Waals surface area (Å²) in [5.41, 5.74) is 1.13. The quantitative estimate of drug-likeness (QED) is 0.652. The fraction of sp³-hybridized carbons (Fsp3) is 0.182. The van der Waals surface area contributed by atoms with Crippen LogP contribution in [0.2, 0.25) is 5.02 Å². The Kier molecular flexibility index (Phi) is 5.56. The van der Waals surface area contributed by atoms with Gasteiger partial charge in [-0.05, 0) is 42.0 Å². The topological polar surface area (TPSA) is 91.4 Å². The molecule has 1 atom stereocenters. The van der Waals surface area contributed by atoms with Gasteiger partial charge in [0.15, 0.2) is 0 Å². The summed E-state index contributed by atoms with van der Waals surface area (Å²) in [5, 5.41) is 6.83. The number of pyridine rings is 1. The molecule has 0 aliphatic carbocycles. The predicted octanol–water partition coefficient (Wildman–Crippen LogP) is 2.95. The fourth-order valence-corrected chi connectivity index (χ4v) is 3.84. The lowest BCUT2D eigenvalue weighted by atomic mass is 9.88. The molecule has 2 aromatic carbocycles. The van der Waals surface area contributed by atoms with Crippen LogP contribution in [0.1, 0.15) is 21.8 Å². The van der Waals surface area contributed by atoms with Gasteiger partial charge in [-0.3, -0.25) is 19.4 Å². The number of carbonyl (C=O) groups is 3. The zero-order valence-electron chi connectivity index (χ0n) is 16.5. The lowest BCUT2D eigenvalue weighted by Crippen LogP contribution is -2.47. The molecule has 3 aromatic rings. The van der Waals surface area contributed by atoms with E-state index in [9.17, 15) is 18.8 Å². The van der Waals surface area contributed by atoms with E-state index in [1.54, 1.807) is 30.5 Å². The number of carbonyl (C=O) groups excluding carboxylic acids is 3. The van der Waals surface area contributed by atoms with Gasteiger partial charge in [0.2, 0.25) is 11.8 Å². The third-order valence-electron chi connectivity index (χ3n) is 5.22. The number of hydrogen-bond acceptors (Lipinski definition) is 4. The summed E-state index contributed by atoms with van der Waals surface area (Å²) >= 11 is 6.12. The molecule has 4 rings (SSSR count). The van der Waals surface area contributed by atoms with Crippen molar-refractivity contribution in [2.45, 2.75) is 5.92 Å². The molecule has 2 heterocycles. The number of nitrogens with one attached hydrogen (secondary N) is 2. The van der Waals surface area contributed by atoms with Crippen LogP contribution in [-0.2, 0) is 9.59 Å². The third-order valence-corrected chi connectivity index (χ3v) is 5.46. The normalized spacial score (nSPS) is 15.5. The number of aromatic nitrogens is 1. The Labute approximate surface area is 182 Å². The maximum absolute atomic E-state index is 13.8. The number of likely N-dealkylation sites (N-methyl/N-ethyl adjacent to an activating group) is 1. The van der Waals surface area contributed by atoms with Gasteiger partial charge in [-0.1, -0.05) is 11.6 Å². The van der Waals surface area contributed by atoms with Crippen molar-refractivity contribution in [3.05, 3.63) is 70.8 Å². The van der Waals surface area contributed by atoms with Crippen molar-refractivity contribution in [1.82, 2.24) is 15.2 Å². The van der Waals surface area contributed by atoms with E-state index in [-0.39, 0.29) is 24.9 Å². The molecule has 0 fully saturated rings. The molecular formula is C22H18ClFN4O3. The van der Waals surface area contributed by atoms with Crippen LogP contribution < -0.4 is 10.6 Å². The Morgan fingerprint density at radius 2 is 2.03 bits per heavy atom. The number of nitrogens with zero attached hydrogens (tertiary/aromatic N) is 2. The van der Waals surface area contributed by atoms with Gasteiger partial charge in [0.1, 0.15) is 5.82 Å². The monoisotopic (exact) mass is 440 g/mol. The van der Waals surface area contributed by atoms with Gasteiger partial charge in [-0.25, -0.2) is 4.39 Å². The number of hydrogen-bond donors (Lipinski definition) is 2. The highest BCUT2D eigenvalue weighted by Crippen LogP contribution is 2.32. The first kappa shape index (κ1) is 20.7. The highest BCUT2D eigenvalue weighted by atomic mass is 35.5. The van der Waals surface area contributed by atoms with E-state index in [0.717, 1.165) is 0 Å². The van der Waals surface area contributed by atoms with Gasteiger partial charge in [0.25, 0.3) is 5.91 Å². The van der Waals surface area contributed by atoms with Crippen LogP contribution in [-0.4, -0.2) is 47.7 Å². The summed E-state index contributed by atoms with van der Waals surface area (Å²) in [6, 6.07) is 8.90. The smallest absolute Gasteiger partial charge is 0.254 e. The highest BCUT2D eigenvalue weighted by molar-refractivity contribution is 6.30. The Bertz CT molecular complexity index is 1220. The van der Waals surface area contributed by atoms with E-state index in [1.165, 1.54) is 30.3 Å². The summed E-state index contributed by atoms with van der Waals surface area (Å²) < 4.78 is 13.8.